The zero-order valence-electron chi connectivity index (χ0n) is 22.6. The third-order valence-electron chi connectivity index (χ3n) is 8.45. The molecular formula is C38H28NOP. The van der Waals surface area contributed by atoms with Gasteiger partial charge in [0.25, 0.3) is 0 Å². The molecule has 0 N–H and O–H groups in total. The highest BCUT2D eigenvalue weighted by Crippen LogP contribution is 2.73. The number of anilines is 3. The highest BCUT2D eigenvalue weighted by molar-refractivity contribution is 7.86. The summed E-state index contributed by atoms with van der Waals surface area (Å²) >= 11 is 0. The summed E-state index contributed by atoms with van der Waals surface area (Å²) in [5.74, 6) is 0. The third kappa shape index (κ3) is 3.61. The molecule has 0 spiro atoms. The van der Waals surface area contributed by atoms with Gasteiger partial charge < -0.3 is 9.46 Å². The predicted molar refractivity (Wildman–Crippen MR) is 173 cm³/mol. The zero-order chi connectivity index (χ0) is 27.4. The lowest BCUT2D eigenvalue weighted by molar-refractivity contribution is 0.591. The smallest absolute Gasteiger partial charge is 0.172 e. The molecular weight excluding hydrogens is 517 g/mol. The summed E-state index contributed by atoms with van der Waals surface area (Å²) < 4.78 is 15.7. The van der Waals surface area contributed by atoms with Crippen molar-refractivity contribution < 1.29 is 4.57 Å². The molecule has 0 amide bonds. The van der Waals surface area contributed by atoms with Gasteiger partial charge in [0, 0.05) is 38.3 Å². The first-order chi connectivity index (χ1) is 20.2. The summed E-state index contributed by atoms with van der Waals surface area (Å²) in [7, 11) is -3.12. The van der Waals surface area contributed by atoms with Crippen LogP contribution in [0.5, 0.6) is 0 Å². The Balaban J connectivity index is 1.41. The molecule has 196 valence electrons. The van der Waals surface area contributed by atoms with Crippen LogP contribution in [0.1, 0.15) is 29.5 Å². The van der Waals surface area contributed by atoms with Crippen molar-refractivity contribution in [2.24, 2.45) is 0 Å². The molecule has 0 saturated heterocycles. The minimum absolute atomic E-state index is 0.915. The Kier molecular flexibility index (Phi) is 5.59. The standard InChI is InChI=1S/C38H28NOP/c40-41(30-15-5-2-6-16-30)36-22-12-9-19-33(36)37-31-17-7-10-20-34(31)39(35-21-11-8-18-32(35)38(37)41)29-25-23-28(24-26-29)27-13-3-1-4-14-27/h1,3-5,7-26H,2,6H2. The topological polar surface area (TPSA) is 20.3 Å². The third-order valence-corrected chi connectivity index (χ3v) is 11.7. The summed E-state index contributed by atoms with van der Waals surface area (Å²) in [6.45, 7) is 0. The Morgan fingerprint density at radius 1 is 0.561 bits per heavy atom. The number of hydrogen-bond donors (Lipinski definition) is 0. The molecule has 5 aromatic rings. The van der Waals surface area contributed by atoms with Crippen molar-refractivity contribution >= 4 is 40.4 Å². The Hall–Kier alpha value is -4.65. The van der Waals surface area contributed by atoms with E-state index in [1.54, 1.807) is 0 Å². The van der Waals surface area contributed by atoms with E-state index in [0.717, 1.165) is 68.1 Å². The molecule has 2 heterocycles. The maximum Gasteiger partial charge on any atom is 0.172 e. The van der Waals surface area contributed by atoms with Crippen molar-refractivity contribution in [1.29, 1.82) is 0 Å². The number of para-hydroxylation sites is 2. The summed E-state index contributed by atoms with van der Waals surface area (Å²) in [4.78, 5) is 2.34. The van der Waals surface area contributed by atoms with E-state index in [0.29, 0.717) is 0 Å². The van der Waals surface area contributed by atoms with Gasteiger partial charge in [-0.05, 0) is 53.8 Å². The van der Waals surface area contributed by atoms with Crippen LogP contribution in [0.2, 0.25) is 0 Å². The molecule has 0 fully saturated rings. The quantitative estimate of drug-likeness (QED) is 0.210. The van der Waals surface area contributed by atoms with E-state index in [4.69, 9.17) is 0 Å². The molecule has 8 rings (SSSR count). The Labute approximate surface area is 241 Å². The van der Waals surface area contributed by atoms with Gasteiger partial charge in [-0.2, -0.15) is 0 Å². The molecule has 1 aliphatic carbocycles. The summed E-state index contributed by atoms with van der Waals surface area (Å²) in [5, 5.41) is 2.87. The second kappa shape index (κ2) is 9.47. The van der Waals surface area contributed by atoms with Crippen LogP contribution in [-0.4, -0.2) is 0 Å². The molecule has 2 nitrogen and oxygen atoms in total. The molecule has 0 aromatic heterocycles. The number of rotatable bonds is 3. The van der Waals surface area contributed by atoms with Crippen LogP contribution in [-0.2, 0) is 4.57 Å². The molecule has 3 aliphatic rings. The second-order valence-corrected chi connectivity index (χ2v) is 13.4. The van der Waals surface area contributed by atoms with Gasteiger partial charge in [-0.15, -0.1) is 0 Å². The average Bonchev–Trinajstić information content (AvgIpc) is 3.24. The molecule has 1 atom stereocenters. The fourth-order valence-electron chi connectivity index (χ4n) is 6.63. The molecule has 1 unspecified atom stereocenters. The van der Waals surface area contributed by atoms with Crippen molar-refractivity contribution in [3.05, 3.63) is 168 Å². The summed E-state index contributed by atoms with van der Waals surface area (Å²) in [5.41, 5.74) is 9.90. The van der Waals surface area contributed by atoms with Gasteiger partial charge in [0.15, 0.2) is 7.14 Å². The van der Waals surface area contributed by atoms with E-state index < -0.39 is 7.14 Å². The van der Waals surface area contributed by atoms with E-state index >= 15 is 4.57 Å². The maximum absolute atomic E-state index is 15.7. The van der Waals surface area contributed by atoms with E-state index in [9.17, 15) is 0 Å². The lowest BCUT2D eigenvalue weighted by Gasteiger charge is -2.29. The molecule has 2 aliphatic heterocycles. The Morgan fingerprint density at radius 3 is 1.90 bits per heavy atom. The molecule has 5 aromatic carbocycles. The molecule has 0 radical (unpaired) electrons. The van der Waals surface area contributed by atoms with Crippen LogP contribution in [0.3, 0.4) is 0 Å². The molecule has 0 saturated carbocycles. The Bertz CT molecular complexity index is 1960. The normalized spacial score (nSPS) is 18.6. The average molecular weight is 546 g/mol. The van der Waals surface area contributed by atoms with Crippen LogP contribution in [0, 0.1) is 0 Å². The molecule has 0 bridgehead atoms. The van der Waals surface area contributed by atoms with Crippen LogP contribution in [0.15, 0.2) is 151 Å². The monoisotopic (exact) mass is 545 g/mol. The van der Waals surface area contributed by atoms with Gasteiger partial charge >= 0.3 is 0 Å². The van der Waals surface area contributed by atoms with Gasteiger partial charge in [0.2, 0.25) is 0 Å². The maximum atomic E-state index is 15.7. The van der Waals surface area contributed by atoms with Crippen LogP contribution in [0.25, 0.3) is 22.0 Å². The highest BCUT2D eigenvalue weighted by atomic mass is 31.2. The second-order valence-electron chi connectivity index (χ2n) is 10.7. The Morgan fingerprint density at radius 2 is 1.17 bits per heavy atom. The van der Waals surface area contributed by atoms with Gasteiger partial charge in [0.05, 0.1) is 11.4 Å². The van der Waals surface area contributed by atoms with Crippen LogP contribution in [0.4, 0.5) is 17.1 Å². The zero-order valence-corrected chi connectivity index (χ0v) is 23.5. The van der Waals surface area contributed by atoms with Crippen molar-refractivity contribution in [3.63, 3.8) is 0 Å². The van der Waals surface area contributed by atoms with E-state index in [-0.39, 0.29) is 0 Å². The van der Waals surface area contributed by atoms with E-state index in [2.05, 4.69) is 138 Å². The number of benzene rings is 5. The molecule has 41 heavy (non-hydrogen) atoms. The molecule has 3 heteroatoms. The lowest BCUT2D eigenvalue weighted by Crippen LogP contribution is -2.14. The number of allylic oxidation sites excluding steroid dienone is 4. The van der Waals surface area contributed by atoms with Gasteiger partial charge in [-0.3, -0.25) is 0 Å². The first-order valence-corrected chi connectivity index (χ1v) is 15.9. The van der Waals surface area contributed by atoms with Crippen molar-refractivity contribution in [2.45, 2.75) is 12.8 Å². The van der Waals surface area contributed by atoms with Gasteiger partial charge in [0.1, 0.15) is 0 Å². The highest BCUT2D eigenvalue weighted by Gasteiger charge is 2.46. The number of nitrogens with zero attached hydrogens (tertiary/aromatic N) is 1. The van der Waals surface area contributed by atoms with E-state index in [1.807, 2.05) is 12.1 Å². The van der Waals surface area contributed by atoms with Crippen molar-refractivity contribution in [1.82, 2.24) is 0 Å². The van der Waals surface area contributed by atoms with Crippen molar-refractivity contribution in [3.8, 4) is 11.1 Å². The van der Waals surface area contributed by atoms with Gasteiger partial charge in [-0.25, -0.2) is 0 Å². The fourth-order valence-corrected chi connectivity index (χ4v) is 10.0. The largest absolute Gasteiger partial charge is 0.309 e. The minimum atomic E-state index is -3.12. The van der Waals surface area contributed by atoms with Crippen molar-refractivity contribution in [2.75, 3.05) is 4.90 Å². The first-order valence-electron chi connectivity index (χ1n) is 14.2. The van der Waals surface area contributed by atoms with Crippen LogP contribution < -0.4 is 10.2 Å². The predicted octanol–water partition coefficient (Wildman–Crippen LogP) is 10.3. The number of fused-ring (bicyclic) bond motifs is 6. The summed E-state index contributed by atoms with van der Waals surface area (Å²) in [6, 6.07) is 44.7. The van der Waals surface area contributed by atoms with Crippen LogP contribution >= 0.6 is 7.14 Å². The van der Waals surface area contributed by atoms with E-state index in [1.165, 1.54) is 11.1 Å². The fraction of sp³-hybridized carbons (Fsp3) is 0.0526. The summed E-state index contributed by atoms with van der Waals surface area (Å²) in [6.07, 6.45) is 8.39. The van der Waals surface area contributed by atoms with Gasteiger partial charge in [-0.1, -0.05) is 121 Å². The lowest BCUT2D eigenvalue weighted by atomic mass is 9.95. The number of hydrogen-bond acceptors (Lipinski definition) is 2. The first kappa shape index (κ1) is 24.2. The SMILES string of the molecule is O=P1(C2=CCCC=C2)C2=C(c3ccccc3N(c3ccc(-c4ccccc4)cc3)c3ccccc32)c2ccccc21. The minimum Gasteiger partial charge on any atom is -0.309 e.